The Hall–Kier alpha value is -1.54. The molecule has 0 aliphatic carbocycles. The second kappa shape index (κ2) is 8.04. The molecule has 2 heteroatoms. The zero-order valence-corrected chi connectivity index (χ0v) is 13.4. The van der Waals surface area contributed by atoms with Crippen molar-refractivity contribution in [2.75, 3.05) is 19.6 Å². The van der Waals surface area contributed by atoms with Crippen LogP contribution in [-0.2, 0) is 6.42 Å². The zero-order valence-electron chi connectivity index (χ0n) is 13.4. The third-order valence-corrected chi connectivity index (χ3v) is 4.50. The van der Waals surface area contributed by atoms with Crippen molar-refractivity contribution in [3.63, 3.8) is 0 Å². The van der Waals surface area contributed by atoms with Gasteiger partial charge in [-0.05, 0) is 63.3 Å². The molecular weight excluding hydrogens is 256 g/mol. The predicted molar refractivity (Wildman–Crippen MR) is 91.0 cm³/mol. The lowest BCUT2D eigenvalue weighted by Gasteiger charge is -2.32. The molecule has 2 nitrogen and oxygen atoms in total. The van der Waals surface area contributed by atoms with Crippen LogP contribution in [-0.4, -0.2) is 24.5 Å². The van der Waals surface area contributed by atoms with Gasteiger partial charge >= 0.3 is 0 Å². The molecule has 1 fully saturated rings. The summed E-state index contributed by atoms with van der Waals surface area (Å²) in [5, 5.41) is 0. The maximum atomic E-state index is 6.04. The summed E-state index contributed by atoms with van der Waals surface area (Å²) >= 11 is 0. The molecule has 2 N–H and O–H groups in total. The second-order valence-electron chi connectivity index (χ2n) is 5.97. The Balaban J connectivity index is 1.81. The van der Waals surface area contributed by atoms with Crippen molar-refractivity contribution >= 4 is 0 Å². The maximum absolute atomic E-state index is 6.04. The van der Waals surface area contributed by atoms with Crippen LogP contribution in [0.3, 0.4) is 0 Å². The summed E-state index contributed by atoms with van der Waals surface area (Å²) in [7, 11) is 0. The second-order valence-corrected chi connectivity index (χ2v) is 5.97. The van der Waals surface area contributed by atoms with Crippen molar-refractivity contribution in [1.82, 2.24) is 4.90 Å². The summed E-state index contributed by atoms with van der Waals surface area (Å²) in [5.41, 5.74) is 9.70. The van der Waals surface area contributed by atoms with Crippen molar-refractivity contribution in [3.05, 3.63) is 59.3 Å². The molecule has 0 atom stereocenters. The highest BCUT2D eigenvalue weighted by Gasteiger charge is 2.20. The molecule has 21 heavy (non-hydrogen) atoms. The molecule has 1 aliphatic heterocycles. The molecule has 0 radical (unpaired) electrons. The van der Waals surface area contributed by atoms with Gasteiger partial charge in [0.1, 0.15) is 0 Å². The third kappa shape index (κ3) is 4.75. The molecule has 114 valence electrons. The fourth-order valence-electron chi connectivity index (χ4n) is 3.07. The lowest BCUT2D eigenvalue weighted by atomic mass is 9.90. The van der Waals surface area contributed by atoms with Crippen molar-refractivity contribution in [3.8, 4) is 0 Å². The molecule has 2 rings (SSSR count). The van der Waals surface area contributed by atoms with E-state index in [4.69, 9.17) is 5.73 Å². The first kappa shape index (κ1) is 15.8. The van der Waals surface area contributed by atoms with Gasteiger partial charge in [-0.25, -0.2) is 0 Å². The number of rotatable bonds is 5. The van der Waals surface area contributed by atoms with Crippen molar-refractivity contribution < 1.29 is 0 Å². The minimum atomic E-state index is 0.830. The Morgan fingerprint density at radius 3 is 2.38 bits per heavy atom. The summed E-state index contributed by atoms with van der Waals surface area (Å²) in [6.07, 6.45) is 7.95. The van der Waals surface area contributed by atoms with E-state index < -0.39 is 0 Å². The van der Waals surface area contributed by atoms with Gasteiger partial charge < -0.3 is 5.73 Å². The predicted octanol–water partition coefficient (Wildman–Crippen LogP) is 3.75. The number of nitrogens with zero attached hydrogens (tertiary/aromatic N) is 1. The molecule has 0 amide bonds. The van der Waals surface area contributed by atoms with Crippen LogP contribution >= 0.6 is 0 Å². The summed E-state index contributed by atoms with van der Waals surface area (Å²) in [6.45, 7) is 7.45. The molecule has 1 aromatic rings. The first-order valence-corrected chi connectivity index (χ1v) is 8.06. The van der Waals surface area contributed by atoms with Gasteiger partial charge in [0.25, 0.3) is 0 Å². The van der Waals surface area contributed by atoms with Gasteiger partial charge in [-0.15, -0.1) is 0 Å². The summed E-state index contributed by atoms with van der Waals surface area (Å²) in [6, 6.07) is 10.9. The number of hydrogen-bond acceptors (Lipinski definition) is 2. The first-order chi connectivity index (χ1) is 10.2. The molecule has 0 aromatic heterocycles. The fourth-order valence-corrected chi connectivity index (χ4v) is 3.07. The minimum Gasteiger partial charge on any atom is -0.399 e. The largest absolute Gasteiger partial charge is 0.399 e. The summed E-state index contributed by atoms with van der Waals surface area (Å²) < 4.78 is 0. The molecule has 1 aliphatic rings. The van der Waals surface area contributed by atoms with Crippen LogP contribution in [0.2, 0.25) is 0 Å². The van der Waals surface area contributed by atoms with Crippen molar-refractivity contribution in [1.29, 1.82) is 0 Å². The molecule has 0 saturated carbocycles. The minimum absolute atomic E-state index is 0.830. The molecular formula is C19H28N2. The van der Waals surface area contributed by atoms with E-state index in [1.165, 1.54) is 43.5 Å². The van der Waals surface area contributed by atoms with Crippen LogP contribution in [0.4, 0.5) is 0 Å². The zero-order chi connectivity index (χ0) is 15.1. The van der Waals surface area contributed by atoms with E-state index in [1.54, 1.807) is 0 Å². The number of allylic oxidation sites excluding steroid dienone is 2. The van der Waals surface area contributed by atoms with E-state index in [1.807, 2.05) is 13.0 Å². The number of benzene rings is 1. The number of likely N-dealkylation sites (tertiary alicyclic amines) is 1. The number of hydrogen-bond donors (Lipinski definition) is 1. The van der Waals surface area contributed by atoms with Gasteiger partial charge in [-0.2, -0.15) is 0 Å². The van der Waals surface area contributed by atoms with Crippen LogP contribution in [0.15, 0.2) is 53.8 Å². The molecule has 1 heterocycles. The Bertz CT molecular complexity index is 480. The highest BCUT2D eigenvalue weighted by atomic mass is 15.1. The average Bonchev–Trinajstić information content (AvgIpc) is 2.54. The normalized spacial score (nSPS) is 19.0. The Kier molecular flexibility index (Phi) is 6.06. The van der Waals surface area contributed by atoms with Crippen LogP contribution in [0.25, 0.3) is 0 Å². The fraction of sp³-hybridized carbons (Fsp3) is 0.474. The highest BCUT2D eigenvalue weighted by molar-refractivity contribution is 5.28. The molecule has 1 saturated heterocycles. The Labute approximate surface area is 129 Å². The summed E-state index contributed by atoms with van der Waals surface area (Å²) in [4.78, 5) is 2.53. The number of piperidine rings is 1. The quantitative estimate of drug-likeness (QED) is 0.834. The van der Waals surface area contributed by atoms with Gasteiger partial charge in [-0.1, -0.05) is 42.5 Å². The van der Waals surface area contributed by atoms with E-state index >= 15 is 0 Å². The summed E-state index contributed by atoms with van der Waals surface area (Å²) in [5.74, 6) is 0.830. The Morgan fingerprint density at radius 2 is 1.81 bits per heavy atom. The first-order valence-electron chi connectivity index (χ1n) is 8.06. The molecule has 0 spiro atoms. The van der Waals surface area contributed by atoms with Gasteiger partial charge in [0.15, 0.2) is 0 Å². The van der Waals surface area contributed by atoms with Crippen LogP contribution in [0, 0.1) is 5.92 Å². The van der Waals surface area contributed by atoms with E-state index in [9.17, 15) is 0 Å². The smallest absolute Gasteiger partial charge is 0.0313 e. The highest BCUT2D eigenvalue weighted by Crippen LogP contribution is 2.22. The monoisotopic (exact) mass is 284 g/mol. The van der Waals surface area contributed by atoms with Crippen molar-refractivity contribution in [2.45, 2.75) is 33.1 Å². The van der Waals surface area contributed by atoms with Crippen LogP contribution < -0.4 is 5.73 Å². The van der Waals surface area contributed by atoms with Gasteiger partial charge in [-0.3, -0.25) is 4.90 Å². The van der Waals surface area contributed by atoms with Gasteiger partial charge in [0, 0.05) is 12.2 Å². The third-order valence-electron chi connectivity index (χ3n) is 4.50. The SMILES string of the molecule is C/C=C(CN1CCC(Cc2ccccc2)CC1)\C(N)=C/C. The van der Waals surface area contributed by atoms with E-state index in [2.05, 4.69) is 48.2 Å². The van der Waals surface area contributed by atoms with E-state index in [-0.39, 0.29) is 0 Å². The average molecular weight is 284 g/mol. The van der Waals surface area contributed by atoms with Crippen LogP contribution in [0.5, 0.6) is 0 Å². The standard InChI is InChI=1S/C19H28N2/c1-3-18(19(20)4-2)15-21-12-10-17(11-13-21)14-16-8-6-5-7-9-16/h3-9,17H,10-15,20H2,1-2H3/b18-3-,19-4+. The van der Waals surface area contributed by atoms with E-state index in [0.717, 1.165) is 18.2 Å². The van der Waals surface area contributed by atoms with Gasteiger partial charge in [0.2, 0.25) is 0 Å². The lowest BCUT2D eigenvalue weighted by molar-refractivity contribution is 0.197. The maximum Gasteiger partial charge on any atom is 0.0313 e. The molecule has 0 bridgehead atoms. The van der Waals surface area contributed by atoms with E-state index in [0.29, 0.717) is 0 Å². The number of nitrogens with two attached hydrogens (primary N) is 1. The lowest BCUT2D eigenvalue weighted by Crippen LogP contribution is -2.36. The molecule has 0 unspecified atom stereocenters. The van der Waals surface area contributed by atoms with Crippen molar-refractivity contribution in [2.24, 2.45) is 11.7 Å². The Morgan fingerprint density at radius 1 is 1.14 bits per heavy atom. The topological polar surface area (TPSA) is 29.3 Å². The molecule has 1 aromatic carbocycles. The van der Waals surface area contributed by atoms with Crippen LogP contribution in [0.1, 0.15) is 32.3 Å². The van der Waals surface area contributed by atoms with Gasteiger partial charge in [0.05, 0.1) is 0 Å².